The first-order valence-corrected chi connectivity index (χ1v) is 9.60. The lowest BCUT2D eigenvalue weighted by Gasteiger charge is -2.12. The molecule has 0 saturated heterocycles. The van der Waals surface area contributed by atoms with Crippen LogP contribution in [0.25, 0.3) is 11.3 Å². The second kappa shape index (κ2) is 9.30. The van der Waals surface area contributed by atoms with E-state index in [1.54, 1.807) is 25.1 Å². The van der Waals surface area contributed by atoms with Crippen LogP contribution < -0.4 is 9.47 Å². The Balaban J connectivity index is 1.74. The number of aromatic nitrogens is 2. The molecule has 10 heteroatoms. The topological polar surface area (TPSA) is 73.6 Å². The number of alkyl halides is 3. The van der Waals surface area contributed by atoms with Crippen molar-refractivity contribution in [2.24, 2.45) is 0 Å². The number of carbonyl (C=O) groups is 1. The molecule has 0 spiro atoms. The number of carboxylic acids is 1. The molecular weight excluding hydrogens is 437 g/mol. The largest absolute Gasteiger partial charge is 0.490 e. The molecule has 164 valence electrons. The van der Waals surface area contributed by atoms with Crippen LogP contribution in [0.15, 0.2) is 48.5 Å². The smallest absolute Gasteiger partial charge is 0.416 e. The van der Waals surface area contributed by atoms with Gasteiger partial charge in [0.2, 0.25) is 5.88 Å². The third kappa shape index (κ3) is 5.49. The summed E-state index contributed by atoms with van der Waals surface area (Å²) >= 11 is 5.90. The molecule has 0 aliphatic rings. The van der Waals surface area contributed by atoms with Crippen LogP contribution in [0.5, 0.6) is 11.6 Å². The van der Waals surface area contributed by atoms with Gasteiger partial charge in [-0.05, 0) is 37.3 Å². The van der Waals surface area contributed by atoms with E-state index in [4.69, 9.17) is 26.2 Å². The fraction of sp³-hybridized carbons (Fsp3) is 0.238. The Morgan fingerprint density at radius 3 is 2.58 bits per heavy atom. The van der Waals surface area contributed by atoms with E-state index in [2.05, 4.69) is 5.10 Å². The maximum Gasteiger partial charge on any atom is 0.416 e. The van der Waals surface area contributed by atoms with Gasteiger partial charge in [0.15, 0.2) is 0 Å². The van der Waals surface area contributed by atoms with Gasteiger partial charge < -0.3 is 14.6 Å². The van der Waals surface area contributed by atoms with E-state index in [1.807, 2.05) is 0 Å². The molecule has 6 nitrogen and oxygen atoms in total. The zero-order valence-corrected chi connectivity index (χ0v) is 17.1. The number of aromatic carboxylic acids is 1. The van der Waals surface area contributed by atoms with Crippen LogP contribution in [0.1, 0.15) is 22.8 Å². The highest BCUT2D eigenvalue weighted by Crippen LogP contribution is 2.34. The van der Waals surface area contributed by atoms with Gasteiger partial charge in [-0.3, -0.25) is 0 Å². The first-order chi connectivity index (χ1) is 14.7. The molecule has 0 amide bonds. The summed E-state index contributed by atoms with van der Waals surface area (Å²) < 4.78 is 50.9. The van der Waals surface area contributed by atoms with Crippen molar-refractivity contribution in [1.29, 1.82) is 0 Å². The van der Waals surface area contributed by atoms with Crippen molar-refractivity contribution in [3.63, 3.8) is 0 Å². The Kier molecular flexibility index (Phi) is 6.74. The normalized spacial score (nSPS) is 11.4. The third-order valence-electron chi connectivity index (χ3n) is 4.26. The van der Waals surface area contributed by atoms with Gasteiger partial charge in [-0.1, -0.05) is 23.7 Å². The van der Waals surface area contributed by atoms with E-state index in [0.717, 1.165) is 12.1 Å². The standard InChI is InChI=1S/C21H18ClF3N2O4/c1-2-30-19-12-17(13-4-3-5-14(10-13)20(28)29)26-27(19)8-9-31-18-7-6-15(11-16(18)22)21(23,24)25/h3-7,10-12H,2,8-9H2,1H3,(H,28,29). The van der Waals surface area contributed by atoms with Crippen LogP contribution in [0.3, 0.4) is 0 Å². The van der Waals surface area contributed by atoms with Crippen LogP contribution in [0, 0.1) is 0 Å². The van der Waals surface area contributed by atoms with Crippen molar-refractivity contribution in [2.75, 3.05) is 13.2 Å². The lowest BCUT2D eigenvalue weighted by molar-refractivity contribution is -0.137. The van der Waals surface area contributed by atoms with Crippen molar-refractivity contribution >= 4 is 17.6 Å². The Hall–Kier alpha value is -3.20. The second-order valence-corrected chi connectivity index (χ2v) is 6.81. The van der Waals surface area contributed by atoms with E-state index in [9.17, 15) is 18.0 Å². The number of carboxylic acid groups (broad SMARTS) is 1. The number of benzene rings is 2. The predicted octanol–water partition coefficient (Wildman–Crippen LogP) is 5.40. The summed E-state index contributed by atoms with van der Waals surface area (Å²) in [5.74, 6) is -0.484. The Bertz CT molecular complexity index is 1080. The molecule has 0 unspecified atom stereocenters. The van der Waals surface area contributed by atoms with Crippen LogP contribution in [-0.4, -0.2) is 34.1 Å². The predicted molar refractivity (Wildman–Crippen MR) is 108 cm³/mol. The van der Waals surface area contributed by atoms with Crippen molar-refractivity contribution in [2.45, 2.75) is 19.6 Å². The summed E-state index contributed by atoms with van der Waals surface area (Å²) in [4.78, 5) is 11.2. The third-order valence-corrected chi connectivity index (χ3v) is 4.56. The Labute approximate surface area is 180 Å². The van der Waals surface area contributed by atoms with E-state index >= 15 is 0 Å². The van der Waals surface area contributed by atoms with E-state index in [1.165, 1.54) is 22.9 Å². The fourth-order valence-electron chi connectivity index (χ4n) is 2.81. The summed E-state index contributed by atoms with van der Waals surface area (Å²) in [5.41, 5.74) is 0.388. The zero-order chi connectivity index (χ0) is 22.6. The van der Waals surface area contributed by atoms with Crippen molar-refractivity contribution in [3.8, 4) is 22.9 Å². The molecule has 0 aliphatic heterocycles. The average molecular weight is 455 g/mol. The molecule has 2 aromatic carbocycles. The average Bonchev–Trinajstić information content (AvgIpc) is 3.11. The summed E-state index contributed by atoms with van der Waals surface area (Å²) in [5, 5.41) is 13.5. The molecule has 0 bridgehead atoms. The number of hydrogen-bond acceptors (Lipinski definition) is 4. The molecule has 0 radical (unpaired) electrons. The highest BCUT2D eigenvalue weighted by molar-refractivity contribution is 6.32. The van der Waals surface area contributed by atoms with Gasteiger partial charge in [0.05, 0.1) is 35.0 Å². The van der Waals surface area contributed by atoms with Gasteiger partial charge in [0, 0.05) is 11.6 Å². The van der Waals surface area contributed by atoms with E-state index in [0.29, 0.717) is 23.7 Å². The molecular formula is C21H18ClF3N2O4. The molecule has 0 fully saturated rings. The fourth-order valence-corrected chi connectivity index (χ4v) is 3.05. The summed E-state index contributed by atoms with van der Waals surface area (Å²) in [6.45, 7) is 2.49. The summed E-state index contributed by atoms with van der Waals surface area (Å²) in [6.07, 6.45) is -4.49. The van der Waals surface area contributed by atoms with Crippen molar-refractivity contribution < 1.29 is 32.5 Å². The van der Waals surface area contributed by atoms with Gasteiger partial charge >= 0.3 is 12.1 Å². The van der Waals surface area contributed by atoms with Crippen molar-refractivity contribution in [1.82, 2.24) is 9.78 Å². The molecule has 1 aromatic heterocycles. The van der Waals surface area contributed by atoms with Crippen LogP contribution in [-0.2, 0) is 12.7 Å². The van der Waals surface area contributed by atoms with Gasteiger partial charge in [0.25, 0.3) is 0 Å². The Morgan fingerprint density at radius 2 is 1.94 bits per heavy atom. The molecule has 31 heavy (non-hydrogen) atoms. The first kappa shape index (κ1) is 22.5. The monoisotopic (exact) mass is 454 g/mol. The minimum Gasteiger partial charge on any atom is -0.490 e. The minimum absolute atomic E-state index is 0.0709. The SMILES string of the molecule is CCOc1cc(-c2cccc(C(=O)O)c2)nn1CCOc1ccc(C(F)(F)F)cc1Cl. The molecule has 1 heterocycles. The highest BCUT2D eigenvalue weighted by atomic mass is 35.5. The number of halogens is 4. The maximum atomic E-state index is 12.7. The number of rotatable bonds is 8. The lowest BCUT2D eigenvalue weighted by Crippen LogP contribution is -2.12. The summed E-state index contributed by atoms with van der Waals surface area (Å²) in [7, 11) is 0. The van der Waals surface area contributed by atoms with Crippen LogP contribution in [0.4, 0.5) is 13.2 Å². The minimum atomic E-state index is -4.49. The molecule has 3 aromatic rings. The molecule has 1 N–H and O–H groups in total. The van der Waals surface area contributed by atoms with Crippen LogP contribution >= 0.6 is 11.6 Å². The van der Waals surface area contributed by atoms with E-state index < -0.39 is 17.7 Å². The van der Waals surface area contributed by atoms with Crippen molar-refractivity contribution in [3.05, 3.63) is 64.7 Å². The number of ether oxygens (including phenoxy) is 2. The number of nitrogens with zero attached hydrogens (tertiary/aromatic N) is 2. The first-order valence-electron chi connectivity index (χ1n) is 9.23. The Morgan fingerprint density at radius 1 is 1.16 bits per heavy atom. The molecule has 0 atom stereocenters. The second-order valence-electron chi connectivity index (χ2n) is 6.40. The van der Waals surface area contributed by atoms with Gasteiger partial charge in [-0.2, -0.15) is 18.3 Å². The van der Waals surface area contributed by atoms with E-state index in [-0.39, 0.29) is 29.5 Å². The highest BCUT2D eigenvalue weighted by Gasteiger charge is 2.31. The zero-order valence-electron chi connectivity index (χ0n) is 16.3. The molecule has 3 rings (SSSR count). The quantitative estimate of drug-likeness (QED) is 0.493. The maximum absolute atomic E-state index is 12.7. The molecule has 0 saturated carbocycles. The van der Waals surface area contributed by atoms with Gasteiger partial charge in [0.1, 0.15) is 12.4 Å². The van der Waals surface area contributed by atoms with Gasteiger partial charge in [-0.25, -0.2) is 9.48 Å². The van der Waals surface area contributed by atoms with Crippen LogP contribution in [0.2, 0.25) is 5.02 Å². The summed E-state index contributed by atoms with van der Waals surface area (Å²) in [6, 6.07) is 10.9. The number of hydrogen-bond donors (Lipinski definition) is 1. The van der Waals surface area contributed by atoms with Gasteiger partial charge in [-0.15, -0.1) is 0 Å². The molecule has 0 aliphatic carbocycles. The lowest BCUT2D eigenvalue weighted by atomic mass is 10.1.